The molecular formula is C21H23ClF3N3O2. The Bertz CT molecular complexity index is 936. The van der Waals surface area contributed by atoms with Crippen LogP contribution in [0, 0.1) is 0 Å². The molecule has 3 heterocycles. The Morgan fingerprint density at radius 1 is 1.23 bits per heavy atom. The molecule has 4 rings (SSSR count). The summed E-state index contributed by atoms with van der Waals surface area (Å²) in [6.07, 6.45) is -0.525. The van der Waals surface area contributed by atoms with Gasteiger partial charge in [0.25, 0.3) is 0 Å². The van der Waals surface area contributed by atoms with E-state index in [1.54, 1.807) is 18.1 Å². The Morgan fingerprint density at radius 2 is 1.93 bits per heavy atom. The lowest BCUT2D eigenvalue weighted by atomic mass is 9.96. The molecule has 30 heavy (non-hydrogen) atoms. The maximum Gasteiger partial charge on any atom is 0.416 e. The SMILES string of the molecule is COc1cnc([C@@H]2CC[C@]3(CCN(C)C3=O)N2)cc1-c1ccc(C(F)(F)F)cc1.Cl. The molecule has 2 atom stereocenters. The number of nitrogens with zero attached hydrogens (tertiary/aromatic N) is 2. The fourth-order valence-electron chi connectivity index (χ4n) is 4.27. The standard InChI is InChI=1S/C21H22F3N3O2.ClH/c1-27-10-9-20(19(27)28)8-7-16(26-20)17-11-15(18(29-2)12-25-17)13-3-5-14(6-4-13)21(22,23)24;/h3-6,11-12,16,26H,7-10H2,1-2H3;1H/t16-,20+;/m0./s1. The summed E-state index contributed by atoms with van der Waals surface area (Å²) in [5, 5.41) is 3.46. The van der Waals surface area contributed by atoms with Crippen LogP contribution in [0.5, 0.6) is 5.75 Å². The number of benzene rings is 1. The van der Waals surface area contributed by atoms with Gasteiger partial charge in [-0.25, -0.2) is 0 Å². The van der Waals surface area contributed by atoms with Gasteiger partial charge in [0.15, 0.2) is 0 Å². The Labute approximate surface area is 179 Å². The second-order valence-corrected chi connectivity index (χ2v) is 7.68. The zero-order chi connectivity index (χ0) is 20.8. The van der Waals surface area contributed by atoms with Crippen molar-refractivity contribution in [2.24, 2.45) is 0 Å². The van der Waals surface area contributed by atoms with Gasteiger partial charge in [0.2, 0.25) is 5.91 Å². The largest absolute Gasteiger partial charge is 0.494 e. The number of methoxy groups -OCH3 is 1. The van der Waals surface area contributed by atoms with Gasteiger partial charge in [-0.1, -0.05) is 12.1 Å². The average Bonchev–Trinajstić information content (AvgIpc) is 3.27. The van der Waals surface area contributed by atoms with E-state index in [-0.39, 0.29) is 24.4 Å². The van der Waals surface area contributed by atoms with Crippen LogP contribution in [0.4, 0.5) is 13.2 Å². The number of pyridine rings is 1. The molecule has 162 valence electrons. The molecule has 1 N–H and O–H groups in total. The lowest BCUT2D eigenvalue weighted by Crippen LogP contribution is -2.47. The number of nitrogens with one attached hydrogen (secondary N) is 1. The van der Waals surface area contributed by atoms with Crippen LogP contribution >= 0.6 is 12.4 Å². The maximum atomic E-state index is 12.9. The van der Waals surface area contributed by atoms with Crippen LogP contribution in [0.3, 0.4) is 0 Å². The number of halogens is 4. The van der Waals surface area contributed by atoms with Gasteiger partial charge in [0.1, 0.15) is 11.3 Å². The number of hydrogen-bond acceptors (Lipinski definition) is 4. The van der Waals surface area contributed by atoms with Gasteiger partial charge in [0, 0.05) is 19.2 Å². The minimum absolute atomic E-state index is 0. The zero-order valence-corrected chi connectivity index (χ0v) is 17.4. The average molecular weight is 442 g/mol. The van der Waals surface area contributed by atoms with Crippen LogP contribution in [-0.4, -0.2) is 42.0 Å². The minimum Gasteiger partial charge on any atom is -0.494 e. The van der Waals surface area contributed by atoms with Crippen LogP contribution in [0.15, 0.2) is 36.5 Å². The number of likely N-dealkylation sites (tertiary alicyclic amines) is 1. The summed E-state index contributed by atoms with van der Waals surface area (Å²) in [6.45, 7) is 0.728. The summed E-state index contributed by atoms with van der Waals surface area (Å²) in [7, 11) is 3.31. The van der Waals surface area contributed by atoms with E-state index in [9.17, 15) is 18.0 Å². The lowest BCUT2D eigenvalue weighted by molar-refractivity contribution is -0.137. The van der Waals surface area contributed by atoms with E-state index >= 15 is 0 Å². The fourth-order valence-corrected chi connectivity index (χ4v) is 4.27. The van der Waals surface area contributed by atoms with Crippen molar-refractivity contribution in [1.82, 2.24) is 15.2 Å². The Kier molecular flexibility index (Phi) is 6.02. The molecule has 0 bridgehead atoms. The van der Waals surface area contributed by atoms with Gasteiger partial charge < -0.3 is 9.64 Å². The molecule has 1 spiro atoms. The second kappa shape index (κ2) is 8.07. The van der Waals surface area contributed by atoms with Crippen molar-refractivity contribution < 1.29 is 22.7 Å². The molecular weight excluding hydrogens is 419 g/mol. The normalized spacial score (nSPS) is 23.7. The molecule has 0 unspecified atom stereocenters. The fraction of sp³-hybridized carbons (Fsp3) is 0.429. The molecule has 2 aliphatic heterocycles. The monoisotopic (exact) mass is 441 g/mol. The highest BCUT2D eigenvalue weighted by atomic mass is 35.5. The number of carbonyl (C=O) groups is 1. The molecule has 5 nitrogen and oxygen atoms in total. The Morgan fingerprint density at radius 3 is 2.50 bits per heavy atom. The van der Waals surface area contributed by atoms with Gasteiger partial charge in [-0.15, -0.1) is 12.4 Å². The predicted octanol–water partition coefficient (Wildman–Crippen LogP) is 4.22. The molecule has 1 aromatic carbocycles. The highest BCUT2D eigenvalue weighted by Crippen LogP contribution is 2.40. The van der Waals surface area contributed by atoms with Crippen LogP contribution in [0.25, 0.3) is 11.1 Å². The molecule has 1 aromatic heterocycles. The molecule has 0 aliphatic carbocycles. The second-order valence-electron chi connectivity index (χ2n) is 7.68. The topological polar surface area (TPSA) is 54.5 Å². The summed E-state index contributed by atoms with van der Waals surface area (Å²) >= 11 is 0. The van der Waals surface area contributed by atoms with E-state index in [4.69, 9.17) is 4.74 Å². The Balaban J connectivity index is 0.00000256. The molecule has 2 aromatic rings. The summed E-state index contributed by atoms with van der Waals surface area (Å²) < 4.78 is 44.0. The third kappa shape index (κ3) is 3.86. The molecule has 1 amide bonds. The van der Waals surface area contributed by atoms with Crippen LogP contribution in [-0.2, 0) is 11.0 Å². The minimum atomic E-state index is -4.38. The number of ether oxygens (including phenoxy) is 1. The summed E-state index contributed by atoms with van der Waals surface area (Å²) in [4.78, 5) is 18.8. The zero-order valence-electron chi connectivity index (χ0n) is 16.6. The maximum absolute atomic E-state index is 12.9. The van der Waals surface area contributed by atoms with Gasteiger partial charge in [-0.2, -0.15) is 13.2 Å². The summed E-state index contributed by atoms with van der Waals surface area (Å²) in [6, 6.07) is 6.73. The molecule has 9 heteroatoms. The van der Waals surface area contributed by atoms with Crippen LogP contribution in [0.2, 0.25) is 0 Å². The molecule has 2 aliphatic rings. The summed E-state index contributed by atoms with van der Waals surface area (Å²) in [5.41, 5.74) is 0.805. The third-order valence-electron chi connectivity index (χ3n) is 5.93. The first-order valence-electron chi connectivity index (χ1n) is 9.48. The van der Waals surface area contributed by atoms with E-state index in [0.717, 1.165) is 43.6 Å². The summed E-state index contributed by atoms with van der Waals surface area (Å²) in [5.74, 6) is 0.592. The smallest absolute Gasteiger partial charge is 0.416 e. The van der Waals surface area contributed by atoms with E-state index in [2.05, 4.69) is 10.3 Å². The highest BCUT2D eigenvalue weighted by molar-refractivity contribution is 5.88. The number of amides is 1. The molecule has 2 saturated heterocycles. The van der Waals surface area contributed by atoms with Crippen molar-refractivity contribution >= 4 is 18.3 Å². The van der Waals surface area contributed by atoms with E-state index in [1.165, 1.54) is 19.2 Å². The van der Waals surface area contributed by atoms with E-state index in [0.29, 0.717) is 16.9 Å². The molecule has 0 radical (unpaired) electrons. The molecule has 2 fully saturated rings. The first kappa shape index (κ1) is 22.4. The number of carbonyl (C=O) groups excluding carboxylic acids is 1. The quantitative estimate of drug-likeness (QED) is 0.774. The first-order valence-corrected chi connectivity index (χ1v) is 9.48. The van der Waals surface area contributed by atoms with Crippen molar-refractivity contribution in [3.63, 3.8) is 0 Å². The van der Waals surface area contributed by atoms with Crippen molar-refractivity contribution in [1.29, 1.82) is 0 Å². The van der Waals surface area contributed by atoms with E-state index in [1.807, 2.05) is 6.07 Å². The van der Waals surface area contributed by atoms with Crippen molar-refractivity contribution in [3.8, 4) is 16.9 Å². The van der Waals surface area contributed by atoms with Gasteiger partial charge >= 0.3 is 6.18 Å². The third-order valence-corrected chi connectivity index (χ3v) is 5.93. The van der Waals surface area contributed by atoms with Crippen LogP contribution in [0.1, 0.15) is 36.6 Å². The van der Waals surface area contributed by atoms with Crippen molar-refractivity contribution in [2.75, 3.05) is 20.7 Å². The van der Waals surface area contributed by atoms with E-state index < -0.39 is 17.3 Å². The van der Waals surface area contributed by atoms with Gasteiger partial charge in [0.05, 0.1) is 30.6 Å². The number of alkyl halides is 3. The number of aromatic nitrogens is 1. The first-order chi connectivity index (χ1) is 13.7. The van der Waals surface area contributed by atoms with Crippen LogP contribution < -0.4 is 10.1 Å². The number of rotatable bonds is 3. The van der Waals surface area contributed by atoms with Crippen molar-refractivity contribution in [3.05, 3.63) is 47.8 Å². The predicted molar refractivity (Wildman–Crippen MR) is 109 cm³/mol. The molecule has 0 saturated carbocycles. The number of hydrogen-bond donors (Lipinski definition) is 1. The van der Waals surface area contributed by atoms with Gasteiger partial charge in [-0.3, -0.25) is 15.1 Å². The van der Waals surface area contributed by atoms with Gasteiger partial charge in [-0.05, 0) is 43.0 Å². The highest BCUT2D eigenvalue weighted by Gasteiger charge is 2.50. The van der Waals surface area contributed by atoms with Crippen molar-refractivity contribution in [2.45, 2.75) is 37.0 Å². The lowest BCUT2D eigenvalue weighted by Gasteiger charge is -2.23. The number of likely N-dealkylation sites (N-methyl/N-ethyl adjacent to an activating group) is 1. The Hall–Kier alpha value is -2.32.